The summed E-state index contributed by atoms with van der Waals surface area (Å²) in [5.74, 6) is 0.658. The number of ether oxygens (including phenoxy) is 1. The summed E-state index contributed by atoms with van der Waals surface area (Å²) in [4.78, 5) is 21.9. The van der Waals surface area contributed by atoms with Crippen molar-refractivity contribution in [2.24, 2.45) is 0 Å². The minimum atomic E-state index is -0.252. The summed E-state index contributed by atoms with van der Waals surface area (Å²) >= 11 is 3.05. The Hall–Kier alpha value is -2.10. The van der Waals surface area contributed by atoms with Crippen LogP contribution < -0.4 is 5.32 Å². The van der Waals surface area contributed by atoms with E-state index in [1.165, 1.54) is 11.3 Å². The molecule has 0 aliphatic carbocycles. The summed E-state index contributed by atoms with van der Waals surface area (Å²) in [5, 5.41) is 11.2. The standard InChI is InChI=1S/C15H14N4O3S2/c20-13(9-8-24-15(17-9)11-4-2-6-23-11)16-7-12-18-14(22-19-12)10-3-1-5-21-10/h2,4,6,8,10H,1,3,5,7H2,(H,16,20). The summed E-state index contributed by atoms with van der Waals surface area (Å²) in [6, 6.07) is 3.94. The van der Waals surface area contributed by atoms with E-state index in [0.717, 1.165) is 29.3 Å². The third-order valence-electron chi connectivity index (χ3n) is 3.56. The predicted molar refractivity (Wildman–Crippen MR) is 88.8 cm³/mol. The number of hydrogen-bond donors (Lipinski definition) is 1. The van der Waals surface area contributed by atoms with Crippen molar-refractivity contribution in [2.75, 3.05) is 6.61 Å². The summed E-state index contributed by atoms with van der Waals surface area (Å²) in [6.07, 6.45) is 1.77. The van der Waals surface area contributed by atoms with Crippen LogP contribution in [0.3, 0.4) is 0 Å². The fourth-order valence-corrected chi connectivity index (χ4v) is 4.00. The average Bonchev–Trinajstić information content (AvgIpc) is 3.40. The average molecular weight is 362 g/mol. The first-order valence-electron chi connectivity index (χ1n) is 7.51. The molecule has 0 spiro atoms. The topological polar surface area (TPSA) is 90.1 Å². The third-order valence-corrected chi connectivity index (χ3v) is 5.45. The molecule has 0 saturated carbocycles. The molecule has 7 nitrogen and oxygen atoms in total. The van der Waals surface area contributed by atoms with E-state index in [0.29, 0.717) is 17.4 Å². The molecule has 1 atom stereocenters. The molecule has 3 aromatic heterocycles. The molecular weight excluding hydrogens is 348 g/mol. The summed E-state index contributed by atoms with van der Waals surface area (Å²) < 4.78 is 10.7. The Kier molecular flexibility index (Phi) is 4.37. The Labute approximate surface area is 145 Å². The van der Waals surface area contributed by atoms with Gasteiger partial charge >= 0.3 is 0 Å². The summed E-state index contributed by atoms with van der Waals surface area (Å²) in [7, 11) is 0. The quantitative estimate of drug-likeness (QED) is 0.750. The monoisotopic (exact) mass is 362 g/mol. The first kappa shape index (κ1) is 15.4. The maximum Gasteiger partial charge on any atom is 0.271 e. The number of nitrogens with zero attached hydrogens (tertiary/aromatic N) is 3. The Morgan fingerprint density at radius 1 is 1.38 bits per heavy atom. The van der Waals surface area contributed by atoms with Crippen molar-refractivity contribution < 1.29 is 14.1 Å². The number of hydrogen-bond acceptors (Lipinski definition) is 8. The first-order valence-corrected chi connectivity index (χ1v) is 9.27. The highest BCUT2D eigenvalue weighted by atomic mass is 32.1. The molecule has 1 amide bonds. The molecule has 0 aromatic carbocycles. The maximum atomic E-state index is 12.2. The maximum absolute atomic E-state index is 12.2. The van der Waals surface area contributed by atoms with E-state index in [2.05, 4.69) is 20.4 Å². The van der Waals surface area contributed by atoms with Gasteiger partial charge in [-0.05, 0) is 24.3 Å². The van der Waals surface area contributed by atoms with Crippen LogP contribution in [0.4, 0.5) is 0 Å². The second-order valence-corrected chi connectivity index (χ2v) is 7.05. The van der Waals surface area contributed by atoms with Gasteiger partial charge in [-0.25, -0.2) is 4.98 Å². The predicted octanol–water partition coefficient (Wildman–Crippen LogP) is 3.04. The van der Waals surface area contributed by atoms with Gasteiger partial charge in [-0.1, -0.05) is 11.2 Å². The van der Waals surface area contributed by atoms with Gasteiger partial charge in [-0.3, -0.25) is 4.79 Å². The minimum absolute atomic E-state index is 0.117. The highest BCUT2D eigenvalue weighted by Gasteiger charge is 2.24. The van der Waals surface area contributed by atoms with E-state index >= 15 is 0 Å². The Morgan fingerprint density at radius 2 is 2.33 bits per heavy atom. The van der Waals surface area contributed by atoms with Crippen LogP contribution in [0.1, 0.15) is 41.1 Å². The number of aromatic nitrogens is 3. The molecule has 4 heterocycles. The molecule has 0 radical (unpaired) electrons. The van der Waals surface area contributed by atoms with Crippen molar-refractivity contribution in [2.45, 2.75) is 25.5 Å². The smallest absolute Gasteiger partial charge is 0.271 e. The van der Waals surface area contributed by atoms with Gasteiger partial charge in [0.05, 0.1) is 11.4 Å². The lowest BCUT2D eigenvalue weighted by Crippen LogP contribution is -2.23. The molecule has 1 aliphatic heterocycles. The number of nitrogens with one attached hydrogen (secondary N) is 1. The van der Waals surface area contributed by atoms with E-state index in [9.17, 15) is 4.79 Å². The lowest BCUT2D eigenvalue weighted by Gasteiger charge is -2.01. The summed E-state index contributed by atoms with van der Waals surface area (Å²) in [6.45, 7) is 0.913. The zero-order valence-electron chi connectivity index (χ0n) is 12.6. The van der Waals surface area contributed by atoms with Gasteiger partial charge in [0.25, 0.3) is 11.8 Å². The number of rotatable bonds is 5. The molecule has 9 heteroatoms. The number of carbonyl (C=O) groups excluding carboxylic acids is 1. The normalized spacial score (nSPS) is 17.2. The molecule has 1 unspecified atom stereocenters. The molecule has 124 valence electrons. The van der Waals surface area contributed by atoms with Crippen LogP contribution >= 0.6 is 22.7 Å². The molecule has 3 aromatic rings. The minimum Gasteiger partial charge on any atom is -0.368 e. The number of amides is 1. The molecule has 4 rings (SSSR count). The van der Waals surface area contributed by atoms with Crippen LogP contribution in [0, 0.1) is 0 Å². The van der Waals surface area contributed by atoms with Gasteiger partial charge in [0.1, 0.15) is 16.8 Å². The molecular formula is C15H14N4O3S2. The number of carbonyl (C=O) groups is 1. The Bertz CT molecular complexity index is 822. The molecule has 0 bridgehead atoms. The van der Waals surface area contributed by atoms with Gasteiger partial charge in [0.2, 0.25) is 0 Å². The lowest BCUT2D eigenvalue weighted by atomic mass is 10.2. The second kappa shape index (κ2) is 6.80. The first-order chi connectivity index (χ1) is 11.8. The number of thiazole rings is 1. The van der Waals surface area contributed by atoms with Crippen LogP contribution in [0.2, 0.25) is 0 Å². The molecule has 1 N–H and O–H groups in total. The Morgan fingerprint density at radius 3 is 3.12 bits per heavy atom. The fourth-order valence-electron chi connectivity index (χ4n) is 2.38. The van der Waals surface area contributed by atoms with Crippen LogP contribution in [0.25, 0.3) is 9.88 Å². The fraction of sp³-hybridized carbons (Fsp3) is 0.333. The highest BCUT2D eigenvalue weighted by Crippen LogP contribution is 2.28. The molecule has 1 fully saturated rings. The molecule has 1 saturated heterocycles. The van der Waals surface area contributed by atoms with Gasteiger partial charge in [0.15, 0.2) is 5.82 Å². The van der Waals surface area contributed by atoms with E-state index < -0.39 is 0 Å². The lowest BCUT2D eigenvalue weighted by molar-refractivity contribution is 0.0835. The van der Waals surface area contributed by atoms with Crippen molar-refractivity contribution in [3.8, 4) is 9.88 Å². The zero-order chi connectivity index (χ0) is 16.4. The van der Waals surface area contributed by atoms with Crippen LogP contribution in [0.15, 0.2) is 27.4 Å². The van der Waals surface area contributed by atoms with E-state index in [1.807, 2.05) is 17.5 Å². The van der Waals surface area contributed by atoms with Crippen LogP contribution in [0.5, 0.6) is 0 Å². The van der Waals surface area contributed by atoms with Crippen molar-refractivity contribution >= 4 is 28.6 Å². The van der Waals surface area contributed by atoms with Gasteiger partial charge < -0.3 is 14.6 Å². The van der Waals surface area contributed by atoms with Crippen molar-refractivity contribution in [1.82, 2.24) is 20.4 Å². The van der Waals surface area contributed by atoms with Crippen LogP contribution in [-0.4, -0.2) is 27.6 Å². The summed E-state index contributed by atoms with van der Waals surface area (Å²) in [5.41, 5.74) is 0.395. The molecule has 1 aliphatic rings. The third kappa shape index (κ3) is 3.23. The van der Waals surface area contributed by atoms with E-state index in [4.69, 9.17) is 9.26 Å². The van der Waals surface area contributed by atoms with Gasteiger partial charge in [-0.15, -0.1) is 22.7 Å². The van der Waals surface area contributed by atoms with Gasteiger partial charge in [0, 0.05) is 12.0 Å². The highest BCUT2D eigenvalue weighted by molar-refractivity contribution is 7.20. The Balaban J connectivity index is 1.36. The van der Waals surface area contributed by atoms with Crippen LogP contribution in [-0.2, 0) is 11.3 Å². The second-order valence-electron chi connectivity index (χ2n) is 5.25. The van der Waals surface area contributed by atoms with Crippen molar-refractivity contribution in [3.63, 3.8) is 0 Å². The van der Waals surface area contributed by atoms with Crippen molar-refractivity contribution in [1.29, 1.82) is 0 Å². The van der Waals surface area contributed by atoms with E-state index in [-0.39, 0.29) is 18.6 Å². The largest absolute Gasteiger partial charge is 0.368 e. The van der Waals surface area contributed by atoms with Gasteiger partial charge in [-0.2, -0.15) is 4.98 Å². The SMILES string of the molecule is O=C(NCc1noc(C2CCCO2)n1)c1csc(-c2cccs2)n1. The number of thiophene rings is 1. The van der Waals surface area contributed by atoms with Crippen molar-refractivity contribution in [3.05, 3.63) is 40.3 Å². The molecule has 24 heavy (non-hydrogen) atoms. The zero-order valence-corrected chi connectivity index (χ0v) is 14.2. The van der Waals surface area contributed by atoms with E-state index in [1.54, 1.807) is 16.7 Å².